The van der Waals surface area contributed by atoms with Crippen LogP contribution in [0.25, 0.3) is 0 Å². The van der Waals surface area contributed by atoms with Gasteiger partial charge in [-0.25, -0.2) is 4.79 Å². The monoisotopic (exact) mass is 282 g/mol. The number of rotatable bonds is 15. The molecular weight excluding hydrogens is 252 g/mol. The summed E-state index contributed by atoms with van der Waals surface area (Å²) in [7, 11) is 0. The highest BCUT2D eigenvalue weighted by atomic mass is 16.5. The fourth-order valence-corrected chi connectivity index (χ4v) is 1.87. The molecule has 0 aromatic rings. The smallest absolute Gasteiger partial charge is 0.330 e. The lowest BCUT2D eigenvalue weighted by Gasteiger charge is -2.05. The molecule has 0 aliphatic rings. The highest BCUT2D eigenvalue weighted by Gasteiger charge is 1.95. The van der Waals surface area contributed by atoms with Crippen LogP contribution in [0.1, 0.15) is 57.8 Å². The summed E-state index contributed by atoms with van der Waals surface area (Å²) in [6.07, 6.45) is 14.0. The molecule has 0 amide bonds. The Hall–Kier alpha value is -1.09. The lowest BCUT2D eigenvalue weighted by atomic mass is 10.1. The van der Waals surface area contributed by atoms with Gasteiger partial charge in [0.1, 0.15) is 0 Å². The first-order valence-electron chi connectivity index (χ1n) is 7.79. The van der Waals surface area contributed by atoms with Crippen LogP contribution in [0.3, 0.4) is 0 Å². The Morgan fingerprint density at radius 1 is 0.800 bits per heavy atom. The van der Waals surface area contributed by atoms with Crippen LogP contribution >= 0.6 is 0 Å². The third kappa shape index (κ3) is 15.0. The number of allylic oxidation sites excluding steroid dienone is 1. The molecule has 0 aromatic heterocycles. The molecule has 0 N–H and O–H groups in total. The molecule has 0 fully saturated rings. The molecule has 0 radical (unpaired) electrons. The molecule has 3 heteroatoms. The van der Waals surface area contributed by atoms with E-state index in [-0.39, 0.29) is 5.97 Å². The van der Waals surface area contributed by atoms with Crippen LogP contribution in [0.4, 0.5) is 0 Å². The van der Waals surface area contributed by atoms with E-state index in [0.717, 1.165) is 25.9 Å². The molecule has 0 atom stereocenters. The van der Waals surface area contributed by atoms with Crippen LogP contribution in [-0.4, -0.2) is 25.8 Å². The largest absolute Gasteiger partial charge is 0.462 e. The second-order valence-electron chi connectivity index (χ2n) is 4.89. The van der Waals surface area contributed by atoms with Crippen LogP contribution in [0, 0.1) is 0 Å². The van der Waals surface area contributed by atoms with E-state index in [4.69, 9.17) is 9.47 Å². The fraction of sp³-hybridized carbons (Fsp3) is 0.706. The Labute approximate surface area is 124 Å². The highest BCUT2D eigenvalue weighted by Crippen LogP contribution is 2.08. The Morgan fingerprint density at radius 3 is 2.05 bits per heavy atom. The Kier molecular flexibility index (Phi) is 15.1. The summed E-state index contributed by atoms with van der Waals surface area (Å²) in [5.41, 5.74) is 0. The summed E-state index contributed by atoms with van der Waals surface area (Å²) in [5, 5.41) is 0. The van der Waals surface area contributed by atoms with Crippen LogP contribution in [0.2, 0.25) is 0 Å². The first-order chi connectivity index (χ1) is 9.81. The topological polar surface area (TPSA) is 35.5 Å². The quantitative estimate of drug-likeness (QED) is 0.193. The van der Waals surface area contributed by atoms with Crippen LogP contribution < -0.4 is 0 Å². The van der Waals surface area contributed by atoms with Gasteiger partial charge in [-0.1, -0.05) is 44.8 Å². The first-order valence-corrected chi connectivity index (χ1v) is 7.79. The van der Waals surface area contributed by atoms with Crippen LogP contribution in [-0.2, 0) is 14.3 Å². The van der Waals surface area contributed by atoms with Gasteiger partial charge in [0, 0.05) is 25.7 Å². The number of ether oxygens (including phenoxy) is 2. The van der Waals surface area contributed by atoms with Crippen molar-refractivity contribution in [3.05, 3.63) is 25.3 Å². The molecule has 20 heavy (non-hydrogen) atoms. The predicted octanol–water partition coefficient (Wildman–Crippen LogP) is 4.43. The number of carbonyl (C=O) groups is 1. The SMILES string of the molecule is C=CCCCCCCCCCOCCCOC(=O)C=C. The number of unbranched alkanes of at least 4 members (excludes halogenated alkanes) is 7. The molecule has 0 aliphatic heterocycles. The van der Waals surface area contributed by atoms with E-state index in [1.54, 1.807) is 0 Å². The number of hydrogen-bond donors (Lipinski definition) is 0. The van der Waals surface area contributed by atoms with Gasteiger partial charge in [0.25, 0.3) is 0 Å². The molecule has 0 spiro atoms. The van der Waals surface area contributed by atoms with Gasteiger partial charge in [-0.3, -0.25) is 0 Å². The van der Waals surface area contributed by atoms with Gasteiger partial charge in [-0.05, 0) is 19.3 Å². The average molecular weight is 282 g/mol. The van der Waals surface area contributed by atoms with E-state index >= 15 is 0 Å². The maximum Gasteiger partial charge on any atom is 0.330 e. The summed E-state index contributed by atoms with van der Waals surface area (Å²) in [4.78, 5) is 10.7. The minimum Gasteiger partial charge on any atom is -0.462 e. The molecular formula is C17H30O3. The van der Waals surface area contributed by atoms with E-state index in [9.17, 15) is 4.79 Å². The van der Waals surface area contributed by atoms with Crippen molar-refractivity contribution in [2.75, 3.05) is 19.8 Å². The summed E-state index contributed by atoms with van der Waals surface area (Å²) in [6, 6.07) is 0. The lowest BCUT2D eigenvalue weighted by molar-refractivity contribution is -0.138. The zero-order valence-corrected chi connectivity index (χ0v) is 12.8. The molecule has 0 bridgehead atoms. The minimum absolute atomic E-state index is 0.363. The third-order valence-electron chi connectivity index (χ3n) is 3.04. The van der Waals surface area contributed by atoms with Crippen molar-refractivity contribution in [2.45, 2.75) is 57.8 Å². The Bertz CT molecular complexity index is 249. The van der Waals surface area contributed by atoms with Gasteiger partial charge in [0.15, 0.2) is 0 Å². The fourth-order valence-electron chi connectivity index (χ4n) is 1.87. The first kappa shape index (κ1) is 18.9. The zero-order chi connectivity index (χ0) is 14.9. The maximum absolute atomic E-state index is 10.7. The van der Waals surface area contributed by atoms with E-state index in [0.29, 0.717) is 13.2 Å². The second-order valence-corrected chi connectivity index (χ2v) is 4.89. The third-order valence-corrected chi connectivity index (χ3v) is 3.04. The maximum atomic E-state index is 10.7. The van der Waals surface area contributed by atoms with Gasteiger partial charge in [0.05, 0.1) is 6.61 Å². The molecule has 0 aliphatic carbocycles. The van der Waals surface area contributed by atoms with Crippen molar-refractivity contribution < 1.29 is 14.3 Å². The average Bonchev–Trinajstić information content (AvgIpc) is 2.47. The van der Waals surface area contributed by atoms with E-state index < -0.39 is 0 Å². The summed E-state index contributed by atoms with van der Waals surface area (Å²) >= 11 is 0. The number of carbonyl (C=O) groups excluding carboxylic acids is 1. The van der Waals surface area contributed by atoms with Crippen molar-refractivity contribution in [3.63, 3.8) is 0 Å². The van der Waals surface area contributed by atoms with Gasteiger partial charge < -0.3 is 9.47 Å². The van der Waals surface area contributed by atoms with Gasteiger partial charge in [-0.15, -0.1) is 6.58 Å². The molecule has 0 saturated heterocycles. The highest BCUT2D eigenvalue weighted by molar-refractivity contribution is 5.81. The van der Waals surface area contributed by atoms with Gasteiger partial charge in [-0.2, -0.15) is 0 Å². The molecule has 0 unspecified atom stereocenters. The van der Waals surface area contributed by atoms with Crippen molar-refractivity contribution in [2.24, 2.45) is 0 Å². The van der Waals surface area contributed by atoms with Gasteiger partial charge >= 0.3 is 5.97 Å². The van der Waals surface area contributed by atoms with Crippen molar-refractivity contribution in [1.82, 2.24) is 0 Å². The second kappa shape index (κ2) is 16.0. The molecule has 0 saturated carbocycles. The molecule has 116 valence electrons. The van der Waals surface area contributed by atoms with Crippen molar-refractivity contribution in [3.8, 4) is 0 Å². The molecule has 0 heterocycles. The Balaban J connectivity index is 3.00. The van der Waals surface area contributed by atoms with E-state index in [1.807, 2.05) is 6.08 Å². The van der Waals surface area contributed by atoms with Crippen LogP contribution in [0.5, 0.6) is 0 Å². The summed E-state index contributed by atoms with van der Waals surface area (Å²) < 4.78 is 10.3. The Morgan fingerprint density at radius 2 is 1.40 bits per heavy atom. The standard InChI is InChI=1S/C17H30O3/c1-3-5-6-7-8-9-10-11-12-14-19-15-13-16-20-17(18)4-2/h3-4H,1-2,5-16H2. The number of hydrogen-bond acceptors (Lipinski definition) is 3. The van der Waals surface area contributed by atoms with E-state index in [1.165, 1.54) is 44.6 Å². The molecule has 3 nitrogen and oxygen atoms in total. The molecule has 0 aromatic carbocycles. The zero-order valence-electron chi connectivity index (χ0n) is 12.8. The molecule has 0 rings (SSSR count). The van der Waals surface area contributed by atoms with Gasteiger partial charge in [0.2, 0.25) is 0 Å². The van der Waals surface area contributed by atoms with Crippen molar-refractivity contribution in [1.29, 1.82) is 0 Å². The lowest BCUT2D eigenvalue weighted by Crippen LogP contribution is -2.05. The van der Waals surface area contributed by atoms with E-state index in [2.05, 4.69) is 13.2 Å². The number of esters is 1. The summed E-state index contributed by atoms with van der Waals surface area (Å²) in [6.45, 7) is 8.94. The normalized spacial score (nSPS) is 10.2. The summed E-state index contributed by atoms with van der Waals surface area (Å²) in [5.74, 6) is -0.363. The predicted molar refractivity (Wildman–Crippen MR) is 83.7 cm³/mol. The van der Waals surface area contributed by atoms with Crippen molar-refractivity contribution >= 4 is 5.97 Å². The minimum atomic E-state index is -0.363. The van der Waals surface area contributed by atoms with Crippen LogP contribution in [0.15, 0.2) is 25.3 Å².